The Bertz CT molecular complexity index is 382. The molecule has 0 saturated heterocycles. The molecule has 1 N–H and O–H groups in total. The molecule has 2 atom stereocenters. The number of benzene rings is 1. The Balaban J connectivity index is 1.63. The summed E-state index contributed by atoms with van der Waals surface area (Å²) < 4.78 is 1.33. The van der Waals surface area contributed by atoms with Gasteiger partial charge in [0.2, 0.25) is 0 Å². The van der Waals surface area contributed by atoms with E-state index in [0.717, 1.165) is 12.0 Å². The summed E-state index contributed by atoms with van der Waals surface area (Å²) in [5, 5.41) is 3.65. The van der Waals surface area contributed by atoms with Crippen molar-refractivity contribution in [3.63, 3.8) is 0 Å². The van der Waals surface area contributed by atoms with E-state index in [4.69, 9.17) is 0 Å². The van der Waals surface area contributed by atoms with Crippen LogP contribution >= 0.6 is 22.6 Å². The SMILES string of the molecule is CC1(c2ccc(I)cc2)CC1CNC1CC1. The first-order valence-electron chi connectivity index (χ1n) is 6.18. The Hall–Kier alpha value is -0.0900. The lowest BCUT2D eigenvalue weighted by atomic mass is 9.95. The molecule has 0 aromatic heterocycles. The molecule has 2 saturated carbocycles. The second kappa shape index (κ2) is 3.98. The Morgan fingerprint density at radius 2 is 2.00 bits per heavy atom. The molecule has 16 heavy (non-hydrogen) atoms. The second-order valence-electron chi connectivity index (χ2n) is 5.51. The van der Waals surface area contributed by atoms with Gasteiger partial charge in [0, 0.05) is 9.61 Å². The number of halogens is 1. The summed E-state index contributed by atoms with van der Waals surface area (Å²) in [6, 6.07) is 9.91. The Labute approximate surface area is 111 Å². The largest absolute Gasteiger partial charge is 0.314 e. The van der Waals surface area contributed by atoms with Crippen LogP contribution in [0.1, 0.15) is 31.7 Å². The molecule has 1 aromatic carbocycles. The van der Waals surface area contributed by atoms with E-state index in [1.807, 2.05) is 0 Å². The topological polar surface area (TPSA) is 12.0 Å². The van der Waals surface area contributed by atoms with Crippen molar-refractivity contribution in [3.8, 4) is 0 Å². The maximum atomic E-state index is 3.65. The van der Waals surface area contributed by atoms with E-state index in [9.17, 15) is 0 Å². The Morgan fingerprint density at radius 3 is 2.62 bits per heavy atom. The number of rotatable bonds is 4. The zero-order chi connectivity index (χ0) is 11.2. The first kappa shape index (κ1) is 11.0. The van der Waals surface area contributed by atoms with Crippen LogP contribution in [0.4, 0.5) is 0 Å². The van der Waals surface area contributed by atoms with Crippen molar-refractivity contribution in [1.29, 1.82) is 0 Å². The molecule has 2 unspecified atom stereocenters. The first-order valence-corrected chi connectivity index (χ1v) is 7.26. The van der Waals surface area contributed by atoms with Gasteiger partial charge in [-0.2, -0.15) is 0 Å². The van der Waals surface area contributed by atoms with Gasteiger partial charge in [0.15, 0.2) is 0 Å². The van der Waals surface area contributed by atoms with Crippen LogP contribution in [0, 0.1) is 9.49 Å². The predicted octanol–water partition coefficient (Wildman–Crippen LogP) is 3.32. The standard InChI is InChI=1S/C14H18IN/c1-14(10-2-4-12(15)5-3-10)8-11(14)9-16-13-6-7-13/h2-5,11,13,16H,6-9H2,1H3. The van der Waals surface area contributed by atoms with Crippen LogP contribution in [0.5, 0.6) is 0 Å². The van der Waals surface area contributed by atoms with Gasteiger partial charge < -0.3 is 5.32 Å². The van der Waals surface area contributed by atoms with E-state index in [2.05, 4.69) is 59.1 Å². The minimum atomic E-state index is 0.451. The molecule has 2 aliphatic rings. The molecule has 2 heteroatoms. The number of nitrogens with one attached hydrogen (secondary N) is 1. The van der Waals surface area contributed by atoms with Gasteiger partial charge >= 0.3 is 0 Å². The minimum Gasteiger partial charge on any atom is -0.314 e. The first-order chi connectivity index (χ1) is 7.68. The van der Waals surface area contributed by atoms with Gasteiger partial charge in [0.25, 0.3) is 0 Å². The quantitative estimate of drug-likeness (QED) is 0.837. The molecule has 0 amide bonds. The van der Waals surface area contributed by atoms with Crippen molar-refractivity contribution in [3.05, 3.63) is 33.4 Å². The van der Waals surface area contributed by atoms with Gasteiger partial charge in [-0.05, 0) is 77.4 Å². The maximum Gasteiger partial charge on any atom is 0.0130 e. The van der Waals surface area contributed by atoms with E-state index in [1.165, 1.54) is 34.9 Å². The van der Waals surface area contributed by atoms with Gasteiger partial charge in [0.1, 0.15) is 0 Å². The van der Waals surface area contributed by atoms with Crippen molar-refractivity contribution in [2.45, 2.75) is 37.6 Å². The Kier molecular flexibility index (Phi) is 2.75. The fraction of sp³-hybridized carbons (Fsp3) is 0.571. The van der Waals surface area contributed by atoms with Crippen molar-refractivity contribution in [2.75, 3.05) is 6.54 Å². The highest BCUT2D eigenvalue weighted by Gasteiger charge is 2.50. The molecule has 2 aliphatic carbocycles. The summed E-state index contributed by atoms with van der Waals surface area (Å²) in [5.41, 5.74) is 1.97. The molecule has 3 rings (SSSR count). The van der Waals surface area contributed by atoms with E-state index >= 15 is 0 Å². The number of hydrogen-bond donors (Lipinski definition) is 1. The second-order valence-corrected chi connectivity index (χ2v) is 6.75. The lowest BCUT2D eigenvalue weighted by Gasteiger charge is -2.12. The van der Waals surface area contributed by atoms with Gasteiger partial charge in [-0.15, -0.1) is 0 Å². The molecule has 0 heterocycles. The van der Waals surface area contributed by atoms with Gasteiger partial charge in [-0.3, -0.25) is 0 Å². The average molecular weight is 327 g/mol. The highest BCUT2D eigenvalue weighted by Crippen LogP contribution is 2.53. The zero-order valence-corrected chi connectivity index (χ0v) is 11.8. The van der Waals surface area contributed by atoms with Crippen LogP contribution in [-0.4, -0.2) is 12.6 Å². The molecule has 2 fully saturated rings. The highest BCUT2D eigenvalue weighted by atomic mass is 127. The van der Waals surface area contributed by atoms with Crippen molar-refractivity contribution < 1.29 is 0 Å². The van der Waals surface area contributed by atoms with Crippen LogP contribution in [0.15, 0.2) is 24.3 Å². The van der Waals surface area contributed by atoms with Crippen LogP contribution in [-0.2, 0) is 5.41 Å². The summed E-state index contributed by atoms with van der Waals surface area (Å²) in [6.07, 6.45) is 4.15. The lowest BCUT2D eigenvalue weighted by molar-refractivity contribution is 0.576. The molecule has 0 spiro atoms. The average Bonchev–Trinajstić information content (AvgIpc) is 3.14. The number of hydrogen-bond acceptors (Lipinski definition) is 1. The van der Waals surface area contributed by atoms with Crippen LogP contribution in [0.2, 0.25) is 0 Å². The van der Waals surface area contributed by atoms with Crippen LogP contribution < -0.4 is 5.32 Å². The van der Waals surface area contributed by atoms with Gasteiger partial charge in [0.05, 0.1) is 0 Å². The third kappa shape index (κ3) is 2.14. The van der Waals surface area contributed by atoms with E-state index in [-0.39, 0.29) is 0 Å². The normalized spacial score (nSPS) is 32.8. The summed E-state index contributed by atoms with van der Waals surface area (Å²) in [5.74, 6) is 0.855. The smallest absolute Gasteiger partial charge is 0.0130 e. The van der Waals surface area contributed by atoms with Crippen molar-refractivity contribution in [2.24, 2.45) is 5.92 Å². The Morgan fingerprint density at radius 1 is 1.31 bits per heavy atom. The molecule has 0 radical (unpaired) electrons. The van der Waals surface area contributed by atoms with Gasteiger partial charge in [-0.1, -0.05) is 19.1 Å². The zero-order valence-electron chi connectivity index (χ0n) is 9.67. The van der Waals surface area contributed by atoms with E-state index < -0.39 is 0 Å². The maximum absolute atomic E-state index is 3.65. The van der Waals surface area contributed by atoms with E-state index in [1.54, 1.807) is 0 Å². The van der Waals surface area contributed by atoms with Crippen molar-refractivity contribution in [1.82, 2.24) is 5.32 Å². The third-order valence-electron chi connectivity index (χ3n) is 4.15. The fourth-order valence-electron chi connectivity index (χ4n) is 2.53. The minimum absolute atomic E-state index is 0.451. The predicted molar refractivity (Wildman–Crippen MR) is 75.6 cm³/mol. The highest BCUT2D eigenvalue weighted by molar-refractivity contribution is 14.1. The summed E-state index contributed by atoms with van der Waals surface area (Å²) >= 11 is 2.37. The molecule has 86 valence electrons. The third-order valence-corrected chi connectivity index (χ3v) is 4.86. The van der Waals surface area contributed by atoms with E-state index in [0.29, 0.717) is 5.41 Å². The lowest BCUT2D eigenvalue weighted by Crippen LogP contribution is -2.22. The molecule has 1 nitrogen and oxygen atoms in total. The van der Waals surface area contributed by atoms with Crippen LogP contribution in [0.3, 0.4) is 0 Å². The van der Waals surface area contributed by atoms with Gasteiger partial charge in [-0.25, -0.2) is 0 Å². The van der Waals surface area contributed by atoms with Crippen LogP contribution in [0.25, 0.3) is 0 Å². The summed E-state index contributed by atoms with van der Waals surface area (Å²) in [7, 11) is 0. The fourth-order valence-corrected chi connectivity index (χ4v) is 2.89. The summed E-state index contributed by atoms with van der Waals surface area (Å²) in [4.78, 5) is 0. The molecular formula is C14H18IN. The monoisotopic (exact) mass is 327 g/mol. The molecule has 1 aromatic rings. The van der Waals surface area contributed by atoms with Crippen molar-refractivity contribution >= 4 is 22.6 Å². The molecule has 0 aliphatic heterocycles. The molecular weight excluding hydrogens is 309 g/mol. The summed E-state index contributed by atoms with van der Waals surface area (Å²) in [6.45, 7) is 3.63. The molecule has 0 bridgehead atoms.